The van der Waals surface area contributed by atoms with Crippen LogP contribution in [0.15, 0.2) is 18.2 Å². The first-order valence-corrected chi connectivity index (χ1v) is 6.03. The molecule has 3 nitrogen and oxygen atoms in total. The van der Waals surface area contributed by atoms with Crippen LogP contribution in [-0.4, -0.2) is 27.5 Å². The molecule has 0 radical (unpaired) electrons. The lowest BCUT2D eigenvalue weighted by atomic mass is 10.3. The Balaban J connectivity index is 2.17. The minimum atomic E-state index is 0.807. The van der Waals surface area contributed by atoms with Gasteiger partial charge in [0.15, 0.2) is 0 Å². The fraction of sp³-hybridized carbons (Fsp3) is 0.417. The molecule has 0 saturated carbocycles. The van der Waals surface area contributed by atoms with Gasteiger partial charge < -0.3 is 4.57 Å². The molecule has 84 valence electrons. The van der Waals surface area contributed by atoms with Crippen LogP contribution in [0.1, 0.15) is 12.7 Å². The Bertz CT molecular complexity index is 532. The summed E-state index contributed by atoms with van der Waals surface area (Å²) in [5.41, 5.74) is 2.11. The Kier molecular flexibility index (Phi) is 2.37. The van der Waals surface area contributed by atoms with Crippen LogP contribution in [-0.2, 0) is 13.1 Å². The van der Waals surface area contributed by atoms with Crippen molar-refractivity contribution in [2.24, 2.45) is 0 Å². The van der Waals surface area contributed by atoms with Crippen LogP contribution in [0.25, 0.3) is 11.0 Å². The Labute approximate surface area is 99.6 Å². The third-order valence-electron chi connectivity index (χ3n) is 3.25. The average Bonchev–Trinajstić information content (AvgIpc) is 2.67. The van der Waals surface area contributed by atoms with Crippen molar-refractivity contribution in [2.75, 3.05) is 13.1 Å². The van der Waals surface area contributed by atoms with Crippen LogP contribution in [0.3, 0.4) is 0 Å². The van der Waals surface area contributed by atoms with Crippen molar-refractivity contribution in [2.45, 2.75) is 20.0 Å². The minimum absolute atomic E-state index is 0.807. The molecule has 2 aromatic rings. The topological polar surface area (TPSA) is 21.1 Å². The molecule has 0 atom stereocenters. The predicted molar refractivity (Wildman–Crippen MR) is 65.7 cm³/mol. The van der Waals surface area contributed by atoms with Gasteiger partial charge in [-0.05, 0) is 18.7 Å². The highest BCUT2D eigenvalue weighted by molar-refractivity contribution is 6.35. The number of benzene rings is 1. The predicted octanol–water partition coefficient (Wildman–Crippen LogP) is 2.53. The molecule has 1 aliphatic heterocycles. The highest BCUT2D eigenvalue weighted by atomic mass is 35.5. The molecular weight excluding hydrogens is 222 g/mol. The quantitative estimate of drug-likeness (QED) is 0.758. The van der Waals surface area contributed by atoms with Crippen molar-refractivity contribution in [3.63, 3.8) is 0 Å². The number of para-hydroxylation sites is 1. The number of hydrogen-bond donors (Lipinski definition) is 0. The van der Waals surface area contributed by atoms with E-state index >= 15 is 0 Å². The molecule has 4 heteroatoms. The van der Waals surface area contributed by atoms with Crippen molar-refractivity contribution < 1.29 is 0 Å². The highest BCUT2D eigenvalue weighted by Gasteiger charge is 2.19. The second kappa shape index (κ2) is 3.75. The number of aromatic nitrogens is 2. The van der Waals surface area contributed by atoms with Crippen LogP contribution < -0.4 is 0 Å². The van der Waals surface area contributed by atoms with Crippen molar-refractivity contribution in [1.29, 1.82) is 0 Å². The van der Waals surface area contributed by atoms with Gasteiger partial charge in [-0.2, -0.15) is 0 Å². The number of likely N-dealkylation sites (N-methyl/N-ethyl adjacent to an activating group) is 1. The standard InChI is InChI=1S/C12H14ClN3/c1-2-15-6-7-16-11(8-15)14-10-5-3-4-9(13)12(10)16/h3-5H,2,6-8H2,1H3. The first kappa shape index (κ1) is 10.1. The molecular formula is C12H14ClN3. The summed E-state index contributed by atoms with van der Waals surface area (Å²) in [4.78, 5) is 7.05. The maximum Gasteiger partial charge on any atom is 0.124 e. The maximum absolute atomic E-state index is 6.23. The molecule has 0 amide bonds. The first-order valence-electron chi connectivity index (χ1n) is 5.65. The van der Waals surface area contributed by atoms with Gasteiger partial charge in [0.1, 0.15) is 5.82 Å². The molecule has 0 unspecified atom stereocenters. The normalized spacial score (nSPS) is 16.6. The van der Waals surface area contributed by atoms with Gasteiger partial charge in [0, 0.05) is 13.1 Å². The van der Waals surface area contributed by atoms with E-state index in [1.165, 1.54) is 0 Å². The van der Waals surface area contributed by atoms with Crippen molar-refractivity contribution in [3.8, 4) is 0 Å². The number of imidazole rings is 1. The average molecular weight is 236 g/mol. The van der Waals surface area contributed by atoms with Gasteiger partial charge in [-0.1, -0.05) is 24.6 Å². The molecule has 2 heterocycles. The van der Waals surface area contributed by atoms with Crippen LogP contribution >= 0.6 is 11.6 Å². The zero-order valence-electron chi connectivity index (χ0n) is 9.28. The van der Waals surface area contributed by atoms with Crippen molar-refractivity contribution >= 4 is 22.6 Å². The van der Waals surface area contributed by atoms with Crippen LogP contribution in [0.4, 0.5) is 0 Å². The summed E-state index contributed by atoms with van der Waals surface area (Å²) in [6.45, 7) is 6.27. The zero-order chi connectivity index (χ0) is 11.1. The lowest BCUT2D eigenvalue weighted by molar-refractivity contribution is 0.230. The summed E-state index contributed by atoms with van der Waals surface area (Å²) >= 11 is 6.23. The minimum Gasteiger partial charge on any atom is -0.324 e. The summed E-state index contributed by atoms with van der Waals surface area (Å²) in [6, 6.07) is 5.93. The maximum atomic E-state index is 6.23. The molecule has 0 bridgehead atoms. The number of rotatable bonds is 1. The molecule has 1 aromatic carbocycles. The van der Waals surface area contributed by atoms with Crippen molar-refractivity contribution in [3.05, 3.63) is 29.0 Å². The van der Waals surface area contributed by atoms with Gasteiger partial charge in [-0.15, -0.1) is 0 Å². The van der Waals surface area contributed by atoms with Gasteiger partial charge in [0.05, 0.1) is 22.6 Å². The van der Waals surface area contributed by atoms with E-state index in [0.717, 1.165) is 48.1 Å². The lowest BCUT2D eigenvalue weighted by Gasteiger charge is -2.26. The Morgan fingerprint density at radius 3 is 3.06 bits per heavy atom. The molecule has 0 fully saturated rings. The van der Waals surface area contributed by atoms with Crippen LogP contribution in [0.5, 0.6) is 0 Å². The first-order chi connectivity index (χ1) is 7.79. The SMILES string of the molecule is CCN1CCn2c(nc3cccc(Cl)c32)C1. The van der Waals surface area contributed by atoms with E-state index in [1.807, 2.05) is 18.2 Å². The van der Waals surface area contributed by atoms with E-state index < -0.39 is 0 Å². The molecule has 0 N–H and O–H groups in total. The fourth-order valence-electron chi connectivity index (χ4n) is 2.34. The van der Waals surface area contributed by atoms with E-state index in [0.29, 0.717) is 0 Å². The summed E-state index contributed by atoms with van der Waals surface area (Å²) in [7, 11) is 0. The van der Waals surface area contributed by atoms with Crippen LogP contribution in [0.2, 0.25) is 5.02 Å². The molecule has 0 saturated heterocycles. The number of hydrogen-bond acceptors (Lipinski definition) is 2. The Hall–Kier alpha value is -1.06. The fourth-order valence-corrected chi connectivity index (χ4v) is 2.61. The van der Waals surface area contributed by atoms with Gasteiger partial charge in [-0.3, -0.25) is 4.90 Å². The highest BCUT2D eigenvalue weighted by Crippen LogP contribution is 2.26. The van der Waals surface area contributed by atoms with Gasteiger partial charge >= 0.3 is 0 Å². The largest absolute Gasteiger partial charge is 0.324 e. The zero-order valence-corrected chi connectivity index (χ0v) is 10.0. The summed E-state index contributed by atoms with van der Waals surface area (Å²) < 4.78 is 2.25. The third kappa shape index (κ3) is 1.43. The third-order valence-corrected chi connectivity index (χ3v) is 3.55. The smallest absolute Gasteiger partial charge is 0.124 e. The van der Waals surface area contributed by atoms with E-state index in [1.54, 1.807) is 0 Å². The second-order valence-electron chi connectivity index (χ2n) is 4.16. The Morgan fingerprint density at radius 2 is 2.25 bits per heavy atom. The van der Waals surface area contributed by atoms with Crippen molar-refractivity contribution in [1.82, 2.24) is 14.5 Å². The van der Waals surface area contributed by atoms with E-state index in [2.05, 4.69) is 21.4 Å². The molecule has 0 spiro atoms. The molecule has 3 rings (SSSR count). The van der Waals surface area contributed by atoms with Gasteiger partial charge in [0.2, 0.25) is 0 Å². The Morgan fingerprint density at radius 1 is 1.38 bits per heavy atom. The summed E-state index contributed by atoms with van der Waals surface area (Å²) in [6.07, 6.45) is 0. The van der Waals surface area contributed by atoms with E-state index in [-0.39, 0.29) is 0 Å². The molecule has 1 aliphatic rings. The number of nitrogens with zero attached hydrogens (tertiary/aromatic N) is 3. The number of halogens is 1. The van der Waals surface area contributed by atoms with E-state index in [4.69, 9.17) is 11.6 Å². The lowest BCUT2D eigenvalue weighted by Crippen LogP contribution is -2.33. The summed E-state index contributed by atoms with van der Waals surface area (Å²) in [5, 5.41) is 0.807. The van der Waals surface area contributed by atoms with Gasteiger partial charge in [0.25, 0.3) is 0 Å². The second-order valence-corrected chi connectivity index (χ2v) is 4.56. The molecule has 1 aromatic heterocycles. The monoisotopic (exact) mass is 235 g/mol. The van der Waals surface area contributed by atoms with Crippen LogP contribution in [0, 0.1) is 0 Å². The molecule has 0 aliphatic carbocycles. The number of fused-ring (bicyclic) bond motifs is 3. The van der Waals surface area contributed by atoms with E-state index in [9.17, 15) is 0 Å². The summed E-state index contributed by atoms with van der Waals surface area (Å²) in [5.74, 6) is 1.14. The molecule has 16 heavy (non-hydrogen) atoms. The van der Waals surface area contributed by atoms with Gasteiger partial charge in [-0.25, -0.2) is 4.98 Å².